The minimum absolute atomic E-state index is 0.420. The molecule has 0 unspecified atom stereocenters. The van der Waals surface area contributed by atoms with Gasteiger partial charge in [0.15, 0.2) is 0 Å². The van der Waals surface area contributed by atoms with Crippen LogP contribution in [0.25, 0.3) is 0 Å². The molecule has 0 radical (unpaired) electrons. The van der Waals surface area contributed by atoms with Gasteiger partial charge < -0.3 is 10.8 Å². The number of alkyl halides is 6. The van der Waals surface area contributed by atoms with Crippen molar-refractivity contribution in [2.75, 3.05) is 5.73 Å². The summed E-state index contributed by atoms with van der Waals surface area (Å²) >= 11 is 0. The highest BCUT2D eigenvalue weighted by atomic mass is 19.4. The van der Waals surface area contributed by atoms with Crippen molar-refractivity contribution in [3.63, 3.8) is 0 Å². The summed E-state index contributed by atoms with van der Waals surface area (Å²) in [5.41, 5.74) is -1.64. The molecule has 17 heavy (non-hydrogen) atoms. The number of rotatable bonds is 1. The number of aromatic nitrogens is 1. The van der Waals surface area contributed by atoms with Gasteiger partial charge in [0.25, 0.3) is 5.60 Å². The second kappa shape index (κ2) is 3.76. The Morgan fingerprint density at radius 1 is 1.06 bits per heavy atom. The molecule has 0 saturated carbocycles. The number of nitrogens with two attached hydrogens (primary N) is 1. The first kappa shape index (κ1) is 13.6. The van der Waals surface area contributed by atoms with Gasteiger partial charge in [-0.3, -0.25) is 0 Å². The fourth-order valence-corrected chi connectivity index (χ4v) is 1.19. The molecule has 0 aromatic carbocycles. The zero-order valence-corrected chi connectivity index (χ0v) is 7.97. The van der Waals surface area contributed by atoms with Crippen LogP contribution >= 0.6 is 0 Å². The standard InChI is InChI=1S/C8H6F6N2O/c9-7(10,11)6(17,8(12,13)14)4-2-1-3-16-5(4)15/h1-3,17H,(H2,15,16). The number of hydrogen-bond donors (Lipinski definition) is 2. The minimum atomic E-state index is -5.96. The molecule has 0 aliphatic heterocycles. The minimum Gasteiger partial charge on any atom is -0.383 e. The summed E-state index contributed by atoms with van der Waals surface area (Å²) in [6.45, 7) is 0. The van der Waals surface area contributed by atoms with E-state index in [9.17, 15) is 26.3 Å². The zero-order valence-electron chi connectivity index (χ0n) is 7.97. The van der Waals surface area contributed by atoms with Crippen LogP contribution in [0, 0.1) is 0 Å². The van der Waals surface area contributed by atoms with Crippen LogP contribution in [0.15, 0.2) is 18.3 Å². The van der Waals surface area contributed by atoms with Crippen molar-refractivity contribution in [2.45, 2.75) is 18.0 Å². The molecule has 96 valence electrons. The molecule has 0 aliphatic carbocycles. The third kappa shape index (κ3) is 2.02. The summed E-state index contributed by atoms with van der Waals surface area (Å²) in [6.07, 6.45) is -11.0. The molecular formula is C8H6F6N2O. The van der Waals surface area contributed by atoms with Gasteiger partial charge in [-0.25, -0.2) is 4.98 Å². The lowest BCUT2D eigenvalue weighted by atomic mass is 9.93. The molecule has 3 nitrogen and oxygen atoms in total. The maximum absolute atomic E-state index is 12.4. The first-order valence-corrected chi connectivity index (χ1v) is 4.08. The van der Waals surface area contributed by atoms with Gasteiger partial charge in [0.2, 0.25) is 0 Å². The Bertz CT molecular complexity index is 399. The van der Waals surface area contributed by atoms with Gasteiger partial charge >= 0.3 is 12.4 Å². The molecule has 0 saturated heterocycles. The third-order valence-corrected chi connectivity index (χ3v) is 2.05. The highest BCUT2D eigenvalue weighted by molar-refractivity contribution is 5.44. The second-order valence-electron chi connectivity index (χ2n) is 3.14. The van der Waals surface area contributed by atoms with Crippen molar-refractivity contribution in [3.8, 4) is 0 Å². The fourth-order valence-electron chi connectivity index (χ4n) is 1.19. The summed E-state index contributed by atoms with van der Waals surface area (Å²) in [6, 6.07) is 1.23. The Kier molecular flexibility index (Phi) is 3.00. The maximum Gasteiger partial charge on any atom is 0.430 e. The number of nitrogens with zero attached hydrogens (tertiary/aromatic N) is 1. The zero-order chi connectivity index (χ0) is 13.5. The number of anilines is 1. The van der Waals surface area contributed by atoms with Gasteiger partial charge in [0.1, 0.15) is 5.82 Å². The Labute approximate surface area is 90.9 Å². The summed E-state index contributed by atoms with van der Waals surface area (Å²) in [5.74, 6) is -1.04. The molecule has 0 fully saturated rings. The molecule has 1 heterocycles. The molecule has 1 aromatic rings. The van der Waals surface area contributed by atoms with Crippen LogP contribution in [-0.2, 0) is 5.60 Å². The first-order valence-electron chi connectivity index (χ1n) is 4.08. The average Bonchev–Trinajstić information content (AvgIpc) is 2.13. The van der Waals surface area contributed by atoms with Gasteiger partial charge in [-0.1, -0.05) is 6.07 Å². The average molecular weight is 260 g/mol. The van der Waals surface area contributed by atoms with E-state index >= 15 is 0 Å². The highest BCUT2D eigenvalue weighted by Gasteiger charge is 2.72. The predicted molar refractivity (Wildman–Crippen MR) is 44.7 cm³/mol. The molecule has 3 N–H and O–H groups in total. The quantitative estimate of drug-likeness (QED) is 0.759. The highest BCUT2D eigenvalue weighted by Crippen LogP contribution is 2.50. The SMILES string of the molecule is Nc1ncccc1C(O)(C(F)(F)F)C(F)(F)F. The Morgan fingerprint density at radius 2 is 1.53 bits per heavy atom. The molecule has 1 rings (SSSR count). The molecule has 0 aliphatic rings. The van der Waals surface area contributed by atoms with E-state index in [2.05, 4.69) is 4.98 Å². The summed E-state index contributed by atoms with van der Waals surface area (Å²) in [4.78, 5) is 3.09. The lowest BCUT2D eigenvalue weighted by Gasteiger charge is -2.32. The van der Waals surface area contributed by atoms with Crippen LogP contribution in [0.1, 0.15) is 5.56 Å². The van der Waals surface area contributed by atoms with Crippen molar-refractivity contribution in [1.29, 1.82) is 0 Å². The van der Waals surface area contributed by atoms with Crippen molar-refractivity contribution in [2.24, 2.45) is 0 Å². The Balaban J connectivity index is 3.53. The van der Waals surface area contributed by atoms with Crippen LogP contribution in [0.3, 0.4) is 0 Å². The lowest BCUT2D eigenvalue weighted by Crippen LogP contribution is -2.54. The summed E-state index contributed by atoms with van der Waals surface area (Å²) < 4.78 is 74.5. The van der Waals surface area contributed by atoms with Crippen LogP contribution in [-0.4, -0.2) is 22.4 Å². The van der Waals surface area contributed by atoms with Gasteiger partial charge in [-0.05, 0) is 6.07 Å². The van der Waals surface area contributed by atoms with E-state index in [1.54, 1.807) is 0 Å². The van der Waals surface area contributed by atoms with Gasteiger partial charge in [0, 0.05) is 11.8 Å². The maximum atomic E-state index is 12.4. The van der Waals surface area contributed by atoms with E-state index in [-0.39, 0.29) is 0 Å². The molecule has 9 heteroatoms. The lowest BCUT2D eigenvalue weighted by molar-refractivity contribution is -0.376. The van der Waals surface area contributed by atoms with E-state index in [4.69, 9.17) is 10.8 Å². The van der Waals surface area contributed by atoms with E-state index < -0.39 is 29.3 Å². The number of pyridine rings is 1. The van der Waals surface area contributed by atoms with Crippen LogP contribution in [0.2, 0.25) is 0 Å². The van der Waals surface area contributed by atoms with E-state index in [1.165, 1.54) is 0 Å². The van der Waals surface area contributed by atoms with Gasteiger partial charge in [-0.15, -0.1) is 0 Å². The number of halogens is 6. The number of aliphatic hydroxyl groups is 1. The van der Waals surface area contributed by atoms with Crippen LogP contribution in [0.4, 0.5) is 32.2 Å². The topological polar surface area (TPSA) is 59.1 Å². The van der Waals surface area contributed by atoms with Crippen LogP contribution < -0.4 is 5.73 Å². The molecule has 1 aromatic heterocycles. The van der Waals surface area contributed by atoms with Crippen LogP contribution in [0.5, 0.6) is 0 Å². The monoisotopic (exact) mass is 260 g/mol. The van der Waals surface area contributed by atoms with Crippen molar-refractivity contribution >= 4 is 5.82 Å². The summed E-state index contributed by atoms with van der Waals surface area (Å²) in [5, 5.41) is 8.97. The molecule has 0 spiro atoms. The van der Waals surface area contributed by atoms with Crippen molar-refractivity contribution in [3.05, 3.63) is 23.9 Å². The Morgan fingerprint density at radius 3 is 1.88 bits per heavy atom. The molecule has 0 amide bonds. The molecular weight excluding hydrogens is 254 g/mol. The largest absolute Gasteiger partial charge is 0.430 e. The van der Waals surface area contributed by atoms with Crippen molar-refractivity contribution in [1.82, 2.24) is 4.98 Å². The van der Waals surface area contributed by atoms with Crippen molar-refractivity contribution < 1.29 is 31.4 Å². The second-order valence-corrected chi connectivity index (χ2v) is 3.14. The number of nitrogen functional groups attached to an aromatic ring is 1. The predicted octanol–water partition coefficient (Wildman–Crippen LogP) is 1.98. The van der Waals surface area contributed by atoms with Gasteiger partial charge in [-0.2, -0.15) is 26.3 Å². The molecule has 0 bridgehead atoms. The third-order valence-electron chi connectivity index (χ3n) is 2.05. The fraction of sp³-hybridized carbons (Fsp3) is 0.375. The number of hydrogen-bond acceptors (Lipinski definition) is 3. The van der Waals surface area contributed by atoms with E-state index in [1.807, 2.05) is 0 Å². The van der Waals surface area contributed by atoms with Gasteiger partial charge in [0.05, 0.1) is 0 Å². The normalized spacial score (nSPS) is 13.8. The van der Waals surface area contributed by atoms with E-state index in [0.29, 0.717) is 6.07 Å². The van der Waals surface area contributed by atoms with E-state index in [0.717, 1.165) is 12.3 Å². The molecule has 0 atom stereocenters. The smallest absolute Gasteiger partial charge is 0.383 e. The first-order chi connectivity index (χ1) is 7.52. The Hall–Kier alpha value is -1.51. The summed E-state index contributed by atoms with van der Waals surface area (Å²) in [7, 11) is 0.